The molecule has 1 atom stereocenters. The number of aromatic nitrogens is 1. The van der Waals surface area contributed by atoms with Crippen molar-refractivity contribution in [3.05, 3.63) is 58.1 Å². The van der Waals surface area contributed by atoms with Crippen LogP contribution in [-0.4, -0.2) is 42.7 Å². The first-order chi connectivity index (χ1) is 16.3. The molecule has 0 aliphatic heterocycles. The summed E-state index contributed by atoms with van der Waals surface area (Å²) in [5, 5.41) is 5.89. The number of hydrogen-bond donors (Lipinski definition) is 2. The highest BCUT2D eigenvalue weighted by atomic mass is 32.1. The molecule has 3 aromatic rings. The number of amides is 2. The van der Waals surface area contributed by atoms with E-state index in [0.29, 0.717) is 10.2 Å². The minimum absolute atomic E-state index is 0.0780. The van der Waals surface area contributed by atoms with Crippen molar-refractivity contribution < 1.29 is 28.6 Å². The van der Waals surface area contributed by atoms with Crippen LogP contribution in [0.3, 0.4) is 0 Å². The number of fused-ring (bicyclic) bond motifs is 1. The van der Waals surface area contributed by atoms with Crippen molar-refractivity contribution in [2.75, 3.05) is 19.0 Å². The summed E-state index contributed by atoms with van der Waals surface area (Å²) in [5.74, 6) is -1.09. The van der Waals surface area contributed by atoms with Gasteiger partial charge >= 0.3 is 12.1 Å². The molecule has 0 aliphatic carbocycles. The van der Waals surface area contributed by atoms with Crippen LogP contribution in [0.2, 0.25) is 0 Å². The maximum absolute atomic E-state index is 13.0. The number of aryl methyl sites for hydroxylation is 1. The van der Waals surface area contributed by atoms with Crippen LogP contribution in [0.15, 0.2) is 36.4 Å². The standard InChI is InChI=1S/C24H27N3O6S/c1-5-32-23(29)20-19(18-17(13-31-4)11-14(2)25-22(18)34-20)27-21(28)15(3)26-24(30)33-12-16-9-7-6-8-10-16/h6-11,15H,5,12-13H2,1-4H3,(H,26,30)(H,27,28)/t15-/m0/s1. The lowest BCUT2D eigenvalue weighted by Crippen LogP contribution is -2.42. The molecule has 1 aromatic carbocycles. The van der Waals surface area contributed by atoms with E-state index in [4.69, 9.17) is 14.2 Å². The Balaban J connectivity index is 1.81. The molecule has 0 fully saturated rings. The monoisotopic (exact) mass is 485 g/mol. The van der Waals surface area contributed by atoms with Gasteiger partial charge in [-0.25, -0.2) is 14.6 Å². The number of nitrogens with one attached hydrogen (secondary N) is 2. The van der Waals surface area contributed by atoms with E-state index in [2.05, 4.69) is 15.6 Å². The molecule has 2 heterocycles. The van der Waals surface area contributed by atoms with Gasteiger partial charge in [-0.1, -0.05) is 30.3 Å². The Kier molecular flexibility index (Phi) is 8.55. The summed E-state index contributed by atoms with van der Waals surface area (Å²) in [6, 6.07) is 10.1. The highest BCUT2D eigenvalue weighted by molar-refractivity contribution is 7.21. The van der Waals surface area contributed by atoms with Gasteiger partial charge in [-0.3, -0.25) is 4.79 Å². The van der Waals surface area contributed by atoms with E-state index in [-0.39, 0.29) is 30.4 Å². The number of hydrogen-bond acceptors (Lipinski definition) is 8. The Morgan fingerprint density at radius 2 is 1.85 bits per heavy atom. The molecule has 0 saturated carbocycles. The Morgan fingerprint density at radius 1 is 1.12 bits per heavy atom. The number of esters is 1. The maximum Gasteiger partial charge on any atom is 0.408 e. The lowest BCUT2D eigenvalue weighted by Gasteiger charge is -2.15. The molecule has 2 N–H and O–H groups in total. The number of nitrogens with zero attached hydrogens (tertiary/aromatic N) is 1. The third-order valence-electron chi connectivity index (χ3n) is 4.82. The van der Waals surface area contributed by atoms with Gasteiger partial charge in [0.2, 0.25) is 5.91 Å². The van der Waals surface area contributed by atoms with E-state index in [9.17, 15) is 14.4 Å². The molecular weight excluding hydrogens is 458 g/mol. The minimum Gasteiger partial charge on any atom is -0.462 e. The molecule has 180 valence electrons. The fourth-order valence-electron chi connectivity index (χ4n) is 3.28. The van der Waals surface area contributed by atoms with Gasteiger partial charge in [-0.2, -0.15) is 0 Å². The number of methoxy groups -OCH3 is 1. The van der Waals surface area contributed by atoms with Crippen LogP contribution in [0.4, 0.5) is 10.5 Å². The van der Waals surface area contributed by atoms with Crippen molar-refractivity contribution in [2.45, 2.75) is 40.0 Å². The predicted octanol–water partition coefficient (Wildman–Crippen LogP) is 4.18. The molecule has 3 rings (SSSR count). The van der Waals surface area contributed by atoms with E-state index in [1.165, 1.54) is 6.92 Å². The van der Waals surface area contributed by atoms with Crippen LogP contribution >= 0.6 is 11.3 Å². The topological polar surface area (TPSA) is 116 Å². The fraction of sp³-hybridized carbons (Fsp3) is 0.333. The van der Waals surface area contributed by atoms with E-state index >= 15 is 0 Å². The van der Waals surface area contributed by atoms with Crippen LogP contribution in [-0.2, 0) is 32.2 Å². The average molecular weight is 486 g/mol. The average Bonchev–Trinajstić information content (AvgIpc) is 3.16. The summed E-state index contributed by atoms with van der Waals surface area (Å²) in [7, 11) is 1.56. The van der Waals surface area contributed by atoms with Crippen LogP contribution in [0.5, 0.6) is 0 Å². The number of anilines is 1. The van der Waals surface area contributed by atoms with E-state index in [1.54, 1.807) is 14.0 Å². The second-order valence-corrected chi connectivity index (χ2v) is 8.48. The van der Waals surface area contributed by atoms with Gasteiger partial charge in [0.1, 0.15) is 22.4 Å². The zero-order valence-corrected chi connectivity index (χ0v) is 20.3. The van der Waals surface area contributed by atoms with E-state index < -0.39 is 24.0 Å². The van der Waals surface area contributed by atoms with Gasteiger partial charge in [0.25, 0.3) is 0 Å². The molecule has 0 bridgehead atoms. The molecule has 10 heteroatoms. The van der Waals surface area contributed by atoms with Gasteiger partial charge < -0.3 is 24.8 Å². The maximum atomic E-state index is 13.0. The zero-order valence-electron chi connectivity index (χ0n) is 19.5. The normalized spacial score (nSPS) is 11.6. The summed E-state index contributed by atoms with van der Waals surface area (Å²) in [5.41, 5.74) is 2.64. The third-order valence-corrected chi connectivity index (χ3v) is 5.88. The molecule has 34 heavy (non-hydrogen) atoms. The van der Waals surface area contributed by atoms with Crippen LogP contribution in [0, 0.1) is 6.92 Å². The van der Waals surface area contributed by atoms with Gasteiger partial charge in [-0.15, -0.1) is 11.3 Å². The van der Waals surface area contributed by atoms with Crippen molar-refractivity contribution in [3.63, 3.8) is 0 Å². The molecule has 2 amide bonds. The molecule has 0 unspecified atom stereocenters. The highest BCUT2D eigenvalue weighted by Gasteiger charge is 2.26. The van der Waals surface area contributed by atoms with E-state index in [1.807, 2.05) is 43.3 Å². The third kappa shape index (κ3) is 6.09. The SMILES string of the molecule is CCOC(=O)c1sc2nc(C)cc(COC)c2c1NC(=O)[C@H](C)NC(=O)OCc1ccccc1. The second-order valence-electron chi connectivity index (χ2n) is 7.48. The van der Waals surface area contributed by atoms with Gasteiger partial charge in [0, 0.05) is 18.2 Å². The fourth-order valence-corrected chi connectivity index (χ4v) is 4.40. The first-order valence-electron chi connectivity index (χ1n) is 10.7. The van der Waals surface area contributed by atoms with Crippen molar-refractivity contribution in [1.29, 1.82) is 0 Å². The number of rotatable bonds is 9. The zero-order chi connectivity index (χ0) is 24.7. The Hall–Kier alpha value is -3.50. The number of thiophene rings is 1. The van der Waals surface area contributed by atoms with Gasteiger partial charge in [0.15, 0.2) is 0 Å². The number of pyridine rings is 1. The number of carbonyl (C=O) groups is 3. The Labute approximate surface area is 201 Å². The number of carbonyl (C=O) groups excluding carboxylic acids is 3. The number of ether oxygens (including phenoxy) is 3. The smallest absolute Gasteiger partial charge is 0.408 e. The predicted molar refractivity (Wildman–Crippen MR) is 129 cm³/mol. The first-order valence-corrected chi connectivity index (χ1v) is 11.5. The molecule has 9 nitrogen and oxygen atoms in total. The van der Waals surface area contributed by atoms with Crippen molar-refractivity contribution >= 4 is 45.2 Å². The van der Waals surface area contributed by atoms with Crippen LogP contribution in [0.25, 0.3) is 10.2 Å². The van der Waals surface area contributed by atoms with Crippen LogP contribution in [0.1, 0.15) is 40.3 Å². The molecule has 0 radical (unpaired) electrons. The van der Waals surface area contributed by atoms with Gasteiger partial charge in [0.05, 0.1) is 18.9 Å². The molecule has 2 aromatic heterocycles. The molecule has 0 spiro atoms. The molecular formula is C24H27N3O6S. The lowest BCUT2D eigenvalue weighted by atomic mass is 10.1. The van der Waals surface area contributed by atoms with Crippen molar-refractivity contribution in [1.82, 2.24) is 10.3 Å². The summed E-state index contributed by atoms with van der Waals surface area (Å²) >= 11 is 1.13. The largest absolute Gasteiger partial charge is 0.462 e. The van der Waals surface area contributed by atoms with E-state index in [0.717, 1.165) is 28.2 Å². The second kappa shape index (κ2) is 11.6. The number of alkyl carbamates (subject to hydrolysis) is 1. The number of benzene rings is 1. The Morgan fingerprint density at radius 3 is 2.53 bits per heavy atom. The molecule has 0 aliphatic rings. The van der Waals surface area contributed by atoms with Gasteiger partial charge in [-0.05, 0) is 38.0 Å². The first kappa shape index (κ1) is 25.1. The van der Waals surface area contributed by atoms with Crippen molar-refractivity contribution in [3.8, 4) is 0 Å². The highest BCUT2D eigenvalue weighted by Crippen LogP contribution is 2.38. The summed E-state index contributed by atoms with van der Waals surface area (Å²) in [4.78, 5) is 43.1. The minimum atomic E-state index is -0.933. The molecule has 0 saturated heterocycles. The summed E-state index contributed by atoms with van der Waals surface area (Å²) in [6.45, 7) is 5.60. The van der Waals surface area contributed by atoms with Crippen molar-refractivity contribution in [2.24, 2.45) is 0 Å². The lowest BCUT2D eigenvalue weighted by molar-refractivity contribution is -0.117. The Bertz CT molecular complexity index is 1180. The summed E-state index contributed by atoms with van der Waals surface area (Å²) < 4.78 is 15.7. The van der Waals surface area contributed by atoms with Crippen LogP contribution < -0.4 is 10.6 Å². The quantitative estimate of drug-likeness (QED) is 0.437. The summed E-state index contributed by atoms with van der Waals surface area (Å²) in [6.07, 6.45) is -0.732.